The number of hydrogen-bond donors (Lipinski definition) is 0. The van der Waals surface area contributed by atoms with E-state index in [0.717, 1.165) is 109 Å². The van der Waals surface area contributed by atoms with E-state index in [2.05, 4.69) is 37.7 Å². The Morgan fingerprint density at radius 2 is 0.574 bits per heavy atom. The molecule has 0 radical (unpaired) electrons. The molecule has 0 aliphatic carbocycles. The highest BCUT2D eigenvalue weighted by Gasteiger charge is 2.47. The number of aromatic nitrogens is 3. The second-order valence-corrected chi connectivity index (χ2v) is 35.2. The van der Waals surface area contributed by atoms with Crippen LogP contribution in [-0.2, 0) is 0 Å². The molecule has 0 unspecified atom stereocenters. The Morgan fingerprint density at radius 1 is 0.270 bits per heavy atom. The van der Waals surface area contributed by atoms with Crippen LogP contribution in [0.25, 0.3) is 120 Å². The average molecular weight is 1580 g/mol. The van der Waals surface area contributed by atoms with Gasteiger partial charge in [0.2, 0.25) is 0 Å². The predicted molar refractivity (Wildman–Crippen MR) is 461 cm³/mol. The first-order valence-electron chi connectivity index (χ1n) is 40.1. The van der Waals surface area contributed by atoms with Crippen molar-refractivity contribution in [1.82, 2.24) is 34.6 Å². The lowest BCUT2D eigenvalue weighted by atomic mass is 9.79. The first kappa shape index (κ1) is 75.7. The minimum atomic E-state index is -0.342. The third kappa shape index (κ3) is 11.6. The number of nitrogens with zero attached hydrogens (tertiary/aromatic N) is 7. The van der Waals surface area contributed by atoms with Gasteiger partial charge in [-0.3, -0.25) is 67.9 Å². The Kier molecular flexibility index (Phi) is 18.6. The first-order valence-corrected chi connectivity index (χ1v) is 40.9. The van der Waals surface area contributed by atoms with Gasteiger partial charge in [0.25, 0.3) is 47.3 Å². The van der Waals surface area contributed by atoms with Gasteiger partial charge in [-0.15, -0.1) is 0 Å². The fourth-order valence-corrected chi connectivity index (χ4v) is 20.9. The van der Waals surface area contributed by atoms with E-state index < -0.39 is 0 Å². The summed E-state index contributed by atoms with van der Waals surface area (Å²) in [4.78, 5) is 135. The topological polar surface area (TPSA) is 188 Å². The number of pyridine rings is 3. The summed E-state index contributed by atoms with van der Waals surface area (Å²) in [5.74, 6) is 5.16. The monoisotopic (exact) mass is 1580 g/mol. The zero-order chi connectivity index (χ0) is 81.2. The van der Waals surface area contributed by atoms with Crippen molar-refractivity contribution in [3.8, 4) is 45.7 Å². The van der Waals surface area contributed by atoms with Crippen LogP contribution in [0, 0.1) is 59.2 Å². The van der Waals surface area contributed by atoms with Crippen LogP contribution in [0.3, 0.4) is 0 Å². The van der Waals surface area contributed by atoms with Crippen LogP contribution in [0.15, 0.2) is 175 Å². The lowest BCUT2D eigenvalue weighted by molar-refractivity contribution is 0.0423. The van der Waals surface area contributed by atoms with Gasteiger partial charge in [0, 0.05) is 140 Å². The summed E-state index contributed by atoms with van der Waals surface area (Å²) in [5.41, 5.74) is 10.1. The molecule has 3 aromatic heterocycles. The summed E-state index contributed by atoms with van der Waals surface area (Å²) in [6, 6.07) is 49.0. The average Bonchev–Trinajstić information content (AvgIpc) is 0.687. The van der Waals surface area contributed by atoms with Crippen LogP contribution < -0.4 is 0 Å². The van der Waals surface area contributed by atoms with E-state index in [1.807, 2.05) is 269 Å². The SMILES string of the molecule is CC(C)C(C(C)C)N1C(=O)c2ccc3c4ccc5c6c(cc(Br)c(c7ccc(c2c37)C1=O)c64)C(=O)N(C(C(C)C)C(C)C)C5=O.CC(C)C(C(C)C)N1C(=O)c2ccc3c4ccc5c6c(cc(C#Cc7ccc(-c8cc(-c9ccccn9)nc(-c9ccccn9)c8)cc7)c(c7ccc(c2c37)C1=O)c64)C(=O)N(C(C(C)C)C(C)C)C5=O. The molecule has 0 atom stereocenters. The van der Waals surface area contributed by atoms with Gasteiger partial charge in [-0.25, -0.2) is 4.98 Å². The van der Waals surface area contributed by atoms with Gasteiger partial charge in [0.05, 0.1) is 22.8 Å². The minimum absolute atomic E-state index is 0.0177. The standard InChI is InChI=1S/C61H51N5O4.C38H37BrN2O4/c1-32(2)56(33(3)4)65-58(67)43-24-21-40-41-22-25-45-54-46(61(70)66(60(45)69)57(34(5)6)35(7)8)29-38(51(55(41)54)42-23-26-44(59(65)68)53(43)52(40)42)20-17-36-15-18-37(19-16-36)39-30-49(47-13-9-11-27-62-47)64-50(31-39)48-14-10-12-28-63-48;1-16(2)33(17(3)4)40-35(42)23-12-9-20-21-10-13-25-30-26(38(45)41(37(25)44)34(18(5)6)19(7)8)15-27(39)31(32(21)30)22-11-14-24(36(40)43)29(23)28(20)22/h9-16,18-19,21-35,56-57H,1-8H3;9-19,33-34H,1-8H3. The number of rotatable bonds is 15. The molecule has 15 nitrogen and oxygen atoms in total. The van der Waals surface area contributed by atoms with Gasteiger partial charge < -0.3 is 0 Å². The Bertz CT molecular complexity index is 6500. The van der Waals surface area contributed by atoms with Crippen LogP contribution in [0.1, 0.15) is 205 Å². The van der Waals surface area contributed by atoms with Gasteiger partial charge >= 0.3 is 0 Å². The highest BCUT2D eigenvalue weighted by atomic mass is 79.9. The number of amides is 8. The second kappa shape index (κ2) is 28.3. The molecule has 0 saturated carbocycles. The van der Waals surface area contributed by atoms with Crippen molar-refractivity contribution in [3.05, 3.63) is 230 Å². The van der Waals surface area contributed by atoms with Gasteiger partial charge in [-0.1, -0.05) is 199 Å². The van der Waals surface area contributed by atoms with E-state index in [4.69, 9.17) is 4.98 Å². The van der Waals surface area contributed by atoms with Crippen LogP contribution in [0.5, 0.6) is 0 Å². The van der Waals surface area contributed by atoms with E-state index in [9.17, 15) is 33.6 Å². The smallest absolute Gasteiger partial charge is 0.261 e. The predicted octanol–water partition coefficient (Wildman–Crippen LogP) is 21.9. The molecule has 4 aliphatic heterocycles. The zero-order valence-electron chi connectivity index (χ0n) is 67.4. The second-order valence-electron chi connectivity index (χ2n) is 34.3. The third-order valence-electron chi connectivity index (χ3n) is 24.4. The highest BCUT2D eigenvalue weighted by molar-refractivity contribution is 9.10. The lowest BCUT2D eigenvalue weighted by Crippen LogP contribution is -2.51. The molecule has 14 aromatic rings. The van der Waals surface area contributed by atoms with E-state index >= 15 is 4.79 Å². The maximum atomic E-state index is 15.0. The fraction of sp³-hybridized carbons (Fsp3) is 0.283. The molecule has 8 amide bonds. The van der Waals surface area contributed by atoms with E-state index in [0.29, 0.717) is 71.6 Å². The maximum Gasteiger partial charge on any atom is 0.261 e. The first-order chi connectivity index (χ1) is 55.0. The van der Waals surface area contributed by atoms with Crippen molar-refractivity contribution in [2.45, 2.75) is 135 Å². The zero-order valence-corrected chi connectivity index (χ0v) is 69.0. The normalized spacial score (nSPS) is 14.5. The van der Waals surface area contributed by atoms with Gasteiger partial charge in [0.1, 0.15) is 0 Å². The highest BCUT2D eigenvalue weighted by Crippen LogP contribution is 2.52. The Labute approximate surface area is 676 Å². The minimum Gasteiger partial charge on any atom is -0.271 e. The number of fused-ring (bicyclic) bond motifs is 4. The van der Waals surface area contributed by atoms with Crippen LogP contribution in [-0.4, -0.2) is 106 Å². The summed E-state index contributed by atoms with van der Waals surface area (Å²) in [6.07, 6.45) is 3.51. The van der Waals surface area contributed by atoms with E-state index in [1.54, 1.807) is 12.4 Å². The molecule has 0 N–H and O–H groups in total. The molecule has 16 heteroatoms. The Morgan fingerprint density at radius 3 is 0.913 bits per heavy atom. The van der Waals surface area contributed by atoms with Crippen molar-refractivity contribution in [2.75, 3.05) is 0 Å². The summed E-state index contributed by atoms with van der Waals surface area (Å²) in [6.45, 7) is 32.8. The summed E-state index contributed by atoms with van der Waals surface area (Å²) >= 11 is 3.81. The number of hydrogen-bond acceptors (Lipinski definition) is 11. The maximum absolute atomic E-state index is 15.0. The van der Waals surface area contributed by atoms with Crippen LogP contribution >= 0.6 is 15.9 Å². The van der Waals surface area contributed by atoms with E-state index in [1.165, 1.54) is 19.6 Å². The number of carbonyl (C=O) groups is 8. The quantitative estimate of drug-likeness (QED) is 0.0411. The molecule has 0 spiro atoms. The molecule has 4 aliphatic rings. The van der Waals surface area contributed by atoms with Gasteiger partial charge in [-0.2, -0.15) is 0 Å². The molecule has 574 valence electrons. The molecular weight excluding hydrogens is 1500 g/mol. The lowest BCUT2D eigenvalue weighted by Gasteiger charge is -2.39. The number of halogens is 1. The molecule has 0 bridgehead atoms. The van der Waals surface area contributed by atoms with Crippen molar-refractivity contribution >= 4 is 149 Å². The number of benzene rings is 11. The van der Waals surface area contributed by atoms with Crippen LogP contribution in [0.4, 0.5) is 0 Å². The van der Waals surface area contributed by atoms with Crippen molar-refractivity contribution in [1.29, 1.82) is 0 Å². The fourth-order valence-electron chi connectivity index (χ4n) is 20.3. The molecule has 18 rings (SSSR count). The summed E-state index contributed by atoms with van der Waals surface area (Å²) < 4.78 is 0.734. The molecule has 0 fully saturated rings. The van der Waals surface area contributed by atoms with Gasteiger partial charge in [-0.05, 0) is 199 Å². The number of imide groups is 4. The Balaban J connectivity index is 0.000000182. The number of carbonyl (C=O) groups excluding carboxylic acids is 8. The molecular formula is C99H88BrN7O8. The third-order valence-corrected chi connectivity index (χ3v) is 25.1. The van der Waals surface area contributed by atoms with Crippen LogP contribution in [0.2, 0.25) is 0 Å². The summed E-state index contributed by atoms with van der Waals surface area (Å²) in [5, 5.41) is 12.5. The van der Waals surface area contributed by atoms with Crippen molar-refractivity contribution < 1.29 is 38.4 Å². The van der Waals surface area contributed by atoms with Crippen molar-refractivity contribution in [3.63, 3.8) is 0 Å². The Hall–Kier alpha value is -11.9. The summed E-state index contributed by atoms with van der Waals surface area (Å²) in [7, 11) is 0. The van der Waals surface area contributed by atoms with E-state index in [-0.39, 0.29) is 119 Å². The molecule has 7 heterocycles. The molecule has 11 aromatic carbocycles. The molecule has 115 heavy (non-hydrogen) atoms. The van der Waals surface area contributed by atoms with Crippen molar-refractivity contribution in [2.24, 2.45) is 47.3 Å². The van der Waals surface area contributed by atoms with Gasteiger partial charge in [0.15, 0.2) is 0 Å². The molecule has 0 saturated heterocycles. The largest absolute Gasteiger partial charge is 0.271 e.